The van der Waals surface area contributed by atoms with Gasteiger partial charge in [0.2, 0.25) is 5.17 Å². The van der Waals surface area contributed by atoms with Crippen molar-refractivity contribution in [3.05, 3.63) is 33.9 Å². The molecule has 0 saturated heterocycles. The Hall–Kier alpha value is -2.15. The number of nitro groups is 1. The predicted molar refractivity (Wildman–Crippen MR) is 71.4 cm³/mol. The minimum Gasteiger partial charge on any atom is -0.461 e. The average Bonchev–Trinajstić information content (AvgIpc) is 2.36. The third-order valence-electron chi connectivity index (χ3n) is 2.14. The van der Waals surface area contributed by atoms with Crippen LogP contribution in [0.15, 0.2) is 23.3 Å². The highest BCUT2D eigenvalue weighted by molar-refractivity contribution is 6.82. The maximum atomic E-state index is 11.2. The molecule has 7 nitrogen and oxygen atoms in total. The van der Waals surface area contributed by atoms with Crippen LogP contribution in [0.5, 0.6) is 0 Å². The number of nitrogens with one attached hydrogen (secondary N) is 1. The van der Waals surface area contributed by atoms with Gasteiger partial charge in [-0.05, 0) is 25.5 Å². The van der Waals surface area contributed by atoms with Gasteiger partial charge in [-0.2, -0.15) is 5.10 Å². The van der Waals surface area contributed by atoms with Crippen molar-refractivity contribution in [1.82, 2.24) is 0 Å². The Labute approximate surface area is 114 Å². The number of nitro benzene ring substituents is 1. The van der Waals surface area contributed by atoms with Crippen LogP contribution in [0, 0.1) is 17.0 Å². The molecule has 1 N–H and O–H groups in total. The molecule has 0 saturated carbocycles. The van der Waals surface area contributed by atoms with E-state index in [0.29, 0.717) is 11.3 Å². The van der Waals surface area contributed by atoms with Crippen molar-refractivity contribution in [2.75, 3.05) is 12.0 Å². The van der Waals surface area contributed by atoms with E-state index in [1.807, 2.05) is 0 Å². The summed E-state index contributed by atoms with van der Waals surface area (Å²) in [6.07, 6.45) is 0. The first-order valence-electron chi connectivity index (χ1n) is 5.37. The van der Waals surface area contributed by atoms with Gasteiger partial charge in [0.05, 0.1) is 17.2 Å². The molecule has 0 spiro atoms. The van der Waals surface area contributed by atoms with E-state index >= 15 is 0 Å². The molecule has 0 atom stereocenters. The van der Waals surface area contributed by atoms with Crippen molar-refractivity contribution in [2.24, 2.45) is 5.10 Å². The van der Waals surface area contributed by atoms with Gasteiger partial charge in [0.15, 0.2) is 0 Å². The lowest BCUT2D eigenvalue weighted by Crippen LogP contribution is -2.13. The molecule has 8 heteroatoms. The van der Waals surface area contributed by atoms with Crippen LogP contribution in [-0.2, 0) is 9.53 Å². The number of carbonyl (C=O) groups is 1. The Morgan fingerprint density at radius 1 is 1.58 bits per heavy atom. The van der Waals surface area contributed by atoms with E-state index in [4.69, 9.17) is 11.6 Å². The molecule has 0 unspecified atom stereocenters. The first-order valence-corrected chi connectivity index (χ1v) is 5.74. The van der Waals surface area contributed by atoms with Gasteiger partial charge in [0.25, 0.3) is 5.69 Å². The first kappa shape index (κ1) is 14.9. The Balaban J connectivity index is 2.81. The van der Waals surface area contributed by atoms with Crippen molar-refractivity contribution >= 4 is 34.1 Å². The highest BCUT2D eigenvalue weighted by Crippen LogP contribution is 2.21. The van der Waals surface area contributed by atoms with Crippen molar-refractivity contribution in [1.29, 1.82) is 0 Å². The number of esters is 1. The third kappa shape index (κ3) is 4.22. The van der Waals surface area contributed by atoms with E-state index in [2.05, 4.69) is 15.3 Å². The molecular weight excluding hydrogens is 274 g/mol. The summed E-state index contributed by atoms with van der Waals surface area (Å²) in [4.78, 5) is 21.3. The summed E-state index contributed by atoms with van der Waals surface area (Å²) in [5.41, 5.74) is 3.64. The van der Waals surface area contributed by atoms with Crippen molar-refractivity contribution in [3.8, 4) is 0 Å². The molecule has 0 aliphatic rings. The zero-order valence-corrected chi connectivity index (χ0v) is 11.1. The number of ether oxygens (including phenoxy) is 1. The lowest BCUT2D eigenvalue weighted by atomic mass is 10.2. The Morgan fingerprint density at radius 2 is 2.26 bits per heavy atom. The second-order valence-corrected chi connectivity index (χ2v) is 3.85. The highest BCUT2D eigenvalue weighted by Gasteiger charge is 2.10. The summed E-state index contributed by atoms with van der Waals surface area (Å²) in [5.74, 6) is -0.740. The molecule has 0 amide bonds. The normalized spacial score (nSPS) is 11.0. The Kier molecular flexibility index (Phi) is 5.25. The van der Waals surface area contributed by atoms with Gasteiger partial charge < -0.3 is 4.74 Å². The summed E-state index contributed by atoms with van der Waals surface area (Å²) in [6, 6.07) is 4.19. The highest BCUT2D eigenvalue weighted by atomic mass is 35.5. The molecule has 19 heavy (non-hydrogen) atoms. The zero-order chi connectivity index (χ0) is 14.4. The molecule has 102 valence electrons. The van der Waals surface area contributed by atoms with Gasteiger partial charge in [0, 0.05) is 12.1 Å². The van der Waals surface area contributed by atoms with E-state index in [9.17, 15) is 14.9 Å². The number of anilines is 1. The van der Waals surface area contributed by atoms with E-state index in [1.165, 1.54) is 18.2 Å². The quantitative estimate of drug-likeness (QED) is 0.388. The molecule has 0 fully saturated rings. The van der Waals surface area contributed by atoms with Gasteiger partial charge in [-0.1, -0.05) is 11.6 Å². The maximum Gasteiger partial charge on any atom is 0.370 e. The Morgan fingerprint density at radius 3 is 2.79 bits per heavy atom. The molecule has 0 heterocycles. The number of hydrogen-bond donors (Lipinski definition) is 1. The van der Waals surface area contributed by atoms with Gasteiger partial charge in [-0.15, -0.1) is 0 Å². The average molecular weight is 286 g/mol. The van der Waals surface area contributed by atoms with Gasteiger partial charge in [-0.25, -0.2) is 4.79 Å². The smallest absolute Gasteiger partial charge is 0.370 e. The molecular formula is C11H12ClN3O4. The molecule has 0 bridgehead atoms. The molecule has 1 rings (SSSR count). The molecule has 0 radical (unpaired) electrons. The largest absolute Gasteiger partial charge is 0.461 e. The summed E-state index contributed by atoms with van der Waals surface area (Å²) in [6.45, 7) is 3.51. The van der Waals surface area contributed by atoms with Crippen LogP contribution < -0.4 is 5.43 Å². The number of rotatable bonds is 5. The van der Waals surface area contributed by atoms with Crippen molar-refractivity contribution < 1.29 is 14.5 Å². The predicted octanol–water partition coefficient (Wildman–Crippen LogP) is 2.43. The summed E-state index contributed by atoms with van der Waals surface area (Å²) >= 11 is 5.60. The minimum absolute atomic E-state index is 0.0245. The van der Waals surface area contributed by atoms with Gasteiger partial charge >= 0.3 is 5.97 Å². The lowest BCUT2D eigenvalue weighted by Gasteiger charge is -2.05. The number of hydrazone groups is 1. The van der Waals surface area contributed by atoms with Crippen LogP contribution in [0.3, 0.4) is 0 Å². The standard InChI is InChI=1S/C11H12ClN3O4/c1-3-19-11(16)10(12)14-13-9-5-4-8(15(17)18)6-7(9)2/h4-6,13H,3H2,1-2H3. The summed E-state index contributed by atoms with van der Waals surface area (Å²) in [7, 11) is 0. The van der Waals surface area contributed by atoms with Crippen LogP contribution in [0.2, 0.25) is 0 Å². The fraction of sp³-hybridized carbons (Fsp3) is 0.273. The first-order chi connectivity index (χ1) is 8.95. The second kappa shape index (κ2) is 6.69. The van der Waals surface area contributed by atoms with E-state index in [-0.39, 0.29) is 17.5 Å². The maximum absolute atomic E-state index is 11.2. The van der Waals surface area contributed by atoms with Crippen LogP contribution in [-0.4, -0.2) is 22.7 Å². The van der Waals surface area contributed by atoms with Gasteiger partial charge in [0.1, 0.15) is 0 Å². The number of nitrogens with zero attached hydrogens (tertiary/aromatic N) is 2. The van der Waals surface area contributed by atoms with Crippen molar-refractivity contribution in [2.45, 2.75) is 13.8 Å². The molecule has 1 aromatic rings. The van der Waals surface area contributed by atoms with Crippen LogP contribution in [0.4, 0.5) is 11.4 Å². The fourth-order valence-corrected chi connectivity index (χ4v) is 1.33. The van der Waals surface area contributed by atoms with E-state index in [1.54, 1.807) is 13.8 Å². The number of halogens is 1. The van der Waals surface area contributed by atoms with Crippen LogP contribution >= 0.6 is 11.6 Å². The number of hydrogen-bond acceptors (Lipinski definition) is 6. The van der Waals surface area contributed by atoms with Crippen LogP contribution in [0.1, 0.15) is 12.5 Å². The molecule has 1 aromatic carbocycles. The zero-order valence-electron chi connectivity index (χ0n) is 10.3. The SMILES string of the molecule is CCOC(=O)C(Cl)=NNc1ccc([N+](=O)[O-])cc1C. The van der Waals surface area contributed by atoms with Gasteiger partial charge in [-0.3, -0.25) is 15.5 Å². The van der Waals surface area contributed by atoms with Crippen LogP contribution in [0.25, 0.3) is 0 Å². The molecule has 0 aromatic heterocycles. The number of benzene rings is 1. The molecule has 0 aliphatic heterocycles. The van der Waals surface area contributed by atoms with Crippen molar-refractivity contribution in [3.63, 3.8) is 0 Å². The summed E-state index contributed by atoms with van der Waals surface area (Å²) < 4.78 is 4.64. The second-order valence-electron chi connectivity index (χ2n) is 3.49. The topological polar surface area (TPSA) is 93.8 Å². The fourth-order valence-electron chi connectivity index (χ4n) is 1.23. The number of aryl methyl sites for hydroxylation is 1. The third-order valence-corrected chi connectivity index (χ3v) is 2.38. The monoisotopic (exact) mass is 285 g/mol. The minimum atomic E-state index is -0.740. The number of carbonyl (C=O) groups excluding carboxylic acids is 1. The lowest BCUT2D eigenvalue weighted by molar-refractivity contribution is -0.384. The molecule has 0 aliphatic carbocycles. The summed E-state index contributed by atoms with van der Waals surface area (Å²) in [5, 5.41) is 13.9. The Bertz CT molecular complexity index is 531. The van der Waals surface area contributed by atoms with E-state index < -0.39 is 10.9 Å². The van der Waals surface area contributed by atoms with E-state index in [0.717, 1.165) is 0 Å². The number of non-ortho nitro benzene ring substituents is 1.